The lowest BCUT2D eigenvalue weighted by Gasteiger charge is -2.39. The van der Waals surface area contributed by atoms with Gasteiger partial charge >= 0.3 is 6.36 Å². The molecule has 0 saturated heterocycles. The minimum atomic E-state index is -4.97. The molecule has 3 rings (SSSR count). The lowest BCUT2D eigenvalue weighted by Crippen LogP contribution is -2.41. The molecule has 1 aromatic carbocycles. The SMILES string of the molecule is C=C1CN(C(=C)NC(c2ccc(OC(F)(F)F)c(F)c2)C(C)(C)C)c2ncc(C)cc2N1. The minimum absolute atomic E-state index is 0.415. The normalized spacial score (nSPS) is 15.0. The molecule has 0 spiro atoms. The number of pyridine rings is 1. The number of anilines is 2. The van der Waals surface area contributed by atoms with Crippen LogP contribution in [0.25, 0.3) is 0 Å². The Hall–Kier alpha value is -3.23. The Morgan fingerprint density at radius 3 is 2.53 bits per heavy atom. The van der Waals surface area contributed by atoms with Gasteiger partial charge < -0.3 is 20.3 Å². The summed E-state index contributed by atoms with van der Waals surface area (Å²) in [6, 6.07) is 4.91. The Morgan fingerprint density at radius 2 is 1.94 bits per heavy atom. The summed E-state index contributed by atoms with van der Waals surface area (Å²) in [4.78, 5) is 6.35. The van der Waals surface area contributed by atoms with Crippen molar-refractivity contribution in [2.24, 2.45) is 5.41 Å². The molecule has 172 valence electrons. The van der Waals surface area contributed by atoms with E-state index >= 15 is 0 Å². The van der Waals surface area contributed by atoms with E-state index in [1.165, 1.54) is 6.07 Å². The van der Waals surface area contributed by atoms with E-state index in [2.05, 4.69) is 33.5 Å². The maximum Gasteiger partial charge on any atom is 0.573 e. The summed E-state index contributed by atoms with van der Waals surface area (Å²) >= 11 is 0. The third-order valence-corrected chi connectivity index (χ3v) is 4.94. The Bertz CT molecular complexity index is 1040. The smallest absolute Gasteiger partial charge is 0.403 e. The Labute approximate surface area is 184 Å². The van der Waals surface area contributed by atoms with Crippen LogP contribution in [-0.4, -0.2) is 17.9 Å². The topological polar surface area (TPSA) is 49.4 Å². The van der Waals surface area contributed by atoms with Crippen molar-refractivity contribution in [1.82, 2.24) is 10.3 Å². The highest BCUT2D eigenvalue weighted by molar-refractivity contribution is 5.74. The molecule has 1 atom stereocenters. The summed E-state index contributed by atoms with van der Waals surface area (Å²) in [5, 5.41) is 6.52. The monoisotopic (exact) mass is 450 g/mol. The highest BCUT2D eigenvalue weighted by Crippen LogP contribution is 2.38. The highest BCUT2D eigenvalue weighted by Gasteiger charge is 2.34. The van der Waals surface area contributed by atoms with E-state index in [1.54, 1.807) is 6.20 Å². The molecule has 0 amide bonds. The van der Waals surface area contributed by atoms with Crippen LogP contribution in [0, 0.1) is 18.2 Å². The van der Waals surface area contributed by atoms with Crippen LogP contribution in [0.5, 0.6) is 5.75 Å². The lowest BCUT2D eigenvalue weighted by atomic mass is 9.82. The largest absolute Gasteiger partial charge is 0.573 e. The molecule has 1 aliphatic heterocycles. The van der Waals surface area contributed by atoms with Crippen molar-refractivity contribution in [3.05, 3.63) is 72.1 Å². The number of aryl methyl sites for hydroxylation is 1. The zero-order chi connectivity index (χ0) is 23.8. The van der Waals surface area contributed by atoms with E-state index in [0.717, 1.165) is 29.1 Å². The number of nitrogens with one attached hydrogen (secondary N) is 2. The number of rotatable bonds is 5. The second kappa shape index (κ2) is 8.37. The highest BCUT2D eigenvalue weighted by atomic mass is 19.4. The van der Waals surface area contributed by atoms with Crippen molar-refractivity contribution in [3.8, 4) is 5.75 Å². The number of aromatic nitrogens is 1. The first-order chi connectivity index (χ1) is 14.7. The summed E-state index contributed by atoms with van der Waals surface area (Å²) in [5.74, 6) is -0.811. The van der Waals surface area contributed by atoms with Crippen LogP contribution in [-0.2, 0) is 0 Å². The molecule has 0 radical (unpaired) electrons. The van der Waals surface area contributed by atoms with Gasteiger partial charge in [-0.2, -0.15) is 0 Å². The average molecular weight is 450 g/mol. The number of alkyl halides is 3. The van der Waals surface area contributed by atoms with Crippen molar-refractivity contribution in [2.75, 3.05) is 16.8 Å². The van der Waals surface area contributed by atoms with Gasteiger partial charge in [0.05, 0.1) is 18.3 Å². The Kier molecular flexibility index (Phi) is 6.13. The average Bonchev–Trinajstić information content (AvgIpc) is 2.64. The molecule has 1 aliphatic rings. The number of benzene rings is 1. The number of ether oxygens (including phenoxy) is 1. The number of hydrogen-bond donors (Lipinski definition) is 2. The standard InChI is InChI=1S/C23H26F4N4O/c1-13-9-18-21(28-11-13)31(12-14(2)29-18)15(3)30-20(22(4,5)6)16-7-8-19(17(24)10-16)32-23(25,26)27/h7-11,20,29-30H,2-3,12H2,1,4-6H3. The predicted octanol–water partition coefficient (Wildman–Crippen LogP) is 6.02. The fourth-order valence-electron chi connectivity index (χ4n) is 3.54. The molecular weight excluding hydrogens is 424 g/mol. The van der Waals surface area contributed by atoms with E-state index in [9.17, 15) is 17.6 Å². The van der Waals surface area contributed by atoms with E-state index in [4.69, 9.17) is 0 Å². The van der Waals surface area contributed by atoms with Gasteiger partial charge in [0.2, 0.25) is 0 Å². The van der Waals surface area contributed by atoms with Gasteiger partial charge in [-0.1, -0.05) is 40.0 Å². The second-order valence-corrected chi connectivity index (χ2v) is 8.83. The molecule has 0 bridgehead atoms. The first-order valence-corrected chi connectivity index (χ1v) is 9.94. The van der Waals surface area contributed by atoms with Gasteiger partial charge in [0.1, 0.15) is 5.82 Å². The van der Waals surface area contributed by atoms with Crippen LogP contribution in [0.2, 0.25) is 0 Å². The van der Waals surface area contributed by atoms with Crippen molar-refractivity contribution in [3.63, 3.8) is 0 Å². The van der Waals surface area contributed by atoms with Crippen molar-refractivity contribution >= 4 is 11.5 Å². The van der Waals surface area contributed by atoms with E-state index in [1.807, 2.05) is 38.7 Å². The molecule has 9 heteroatoms. The van der Waals surface area contributed by atoms with Gasteiger partial charge in [-0.25, -0.2) is 9.37 Å². The molecule has 2 aromatic rings. The molecular formula is C23H26F4N4O. The van der Waals surface area contributed by atoms with Crippen LogP contribution in [0.15, 0.2) is 55.1 Å². The lowest BCUT2D eigenvalue weighted by molar-refractivity contribution is -0.275. The molecule has 2 N–H and O–H groups in total. The first-order valence-electron chi connectivity index (χ1n) is 9.94. The zero-order valence-electron chi connectivity index (χ0n) is 18.4. The maximum absolute atomic E-state index is 14.4. The molecule has 0 fully saturated rings. The Morgan fingerprint density at radius 1 is 1.25 bits per heavy atom. The van der Waals surface area contributed by atoms with Crippen LogP contribution in [0.3, 0.4) is 0 Å². The number of nitrogens with zero attached hydrogens (tertiary/aromatic N) is 2. The van der Waals surface area contributed by atoms with E-state index in [0.29, 0.717) is 23.7 Å². The van der Waals surface area contributed by atoms with Crippen LogP contribution in [0.4, 0.5) is 29.1 Å². The summed E-state index contributed by atoms with van der Waals surface area (Å²) in [6.45, 7) is 16.3. The van der Waals surface area contributed by atoms with Gasteiger partial charge in [-0.15, -0.1) is 13.2 Å². The number of fused-ring (bicyclic) bond motifs is 1. The van der Waals surface area contributed by atoms with E-state index < -0.39 is 29.4 Å². The van der Waals surface area contributed by atoms with Crippen LogP contribution >= 0.6 is 0 Å². The number of halogens is 4. The third kappa shape index (κ3) is 5.33. The zero-order valence-corrected chi connectivity index (χ0v) is 18.4. The second-order valence-electron chi connectivity index (χ2n) is 8.83. The predicted molar refractivity (Wildman–Crippen MR) is 117 cm³/mol. The van der Waals surface area contributed by atoms with Crippen LogP contribution < -0.4 is 20.3 Å². The summed E-state index contributed by atoms with van der Waals surface area (Å²) in [6.07, 6.45) is -3.23. The van der Waals surface area contributed by atoms with Gasteiger partial charge in [-0.3, -0.25) is 0 Å². The molecule has 2 heterocycles. The fraction of sp³-hybridized carbons (Fsp3) is 0.348. The molecule has 1 unspecified atom stereocenters. The van der Waals surface area contributed by atoms with Gasteiger partial charge in [0.15, 0.2) is 17.4 Å². The Balaban J connectivity index is 1.90. The van der Waals surface area contributed by atoms with Crippen molar-refractivity contribution in [1.29, 1.82) is 0 Å². The first kappa shape index (κ1) is 23.4. The maximum atomic E-state index is 14.4. The van der Waals surface area contributed by atoms with Gasteiger partial charge in [0, 0.05) is 11.9 Å². The van der Waals surface area contributed by atoms with Crippen molar-refractivity contribution < 1.29 is 22.3 Å². The van der Waals surface area contributed by atoms with Crippen molar-refractivity contribution in [2.45, 2.75) is 40.1 Å². The molecule has 5 nitrogen and oxygen atoms in total. The number of hydrogen-bond acceptors (Lipinski definition) is 5. The molecule has 32 heavy (non-hydrogen) atoms. The quantitative estimate of drug-likeness (QED) is 0.546. The fourth-order valence-corrected chi connectivity index (χ4v) is 3.54. The molecule has 0 aliphatic carbocycles. The summed E-state index contributed by atoms with van der Waals surface area (Å²) < 4.78 is 55.6. The summed E-state index contributed by atoms with van der Waals surface area (Å²) in [5.41, 5.74) is 2.54. The van der Waals surface area contributed by atoms with Gasteiger partial charge in [0.25, 0.3) is 0 Å². The minimum Gasteiger partial charge on any atom is -0.403 e. The molecule has 1 aromatic heterocycles. The van der Waals surface area contributed by atoms with Gasteiger partial charge in [-0.05, 0) is 41.7 Å². The molecule has 0 saturated carbocycles. The third-order valence-electron chi connectivity index (χ3n) is 4.94. The summed E-state index contributed by atoms with van der Waals surface area (Å²) in [7, 11) is 0. The van der Waals surface area contributed by atoms with E-state index in [-0.39, 0.29) is 0 Å². The van der Waals surface area contributed by atoms with Crippen LogP contribution in [0.1, 0.15) is 37.9 Å².